The number of carbonyl (C=O) groups is 1. The number of nitrogens with zero attached hydrogens (tertiary/aromatic N) is 1. The Bertz CT molecular complexity index is 231. The highest BCUT2D eigenvalue weighted by molar-refractivity contribution is 5.75. The Hall–Kier alpha value is -0.820. The van der Waals surface area contributed by atoms with E-state index in [1.165, 1.54) is 11.9 Å². The van der Waals surface area contributed by atoms with E-state index < -0.39 is 18.9 Å². The van der Waals surface area contributed by atoms with Crippen LogP contribution in [0.25, 0.3) is 0 Å². The summed E-state index contributed by atoms with van der Waals surface area (Å²) in [6.45, 7) is 0.384. The first-order chi connectivity index (χ1) is 7.72. The van der Waals surface area contributed by atoms with Gasteiger partial charge in [0.1, 0.15) is 6.61 Å². The van der Waals surface area contributed by atoms with Crippen molar-refractivity contribution in [3.05, 3.63) is 0 Å². The fourth-order valence-electron chi connectivity index (χ4n) is 1.04. The summed E-state index contributed by atoms with van der Waals surface area (Å²) in [7, 11) is 1.54. The summed E-state index contributed by atoms with van der Waals surface area (Å²) in [5, 5.41) is 9.00. The molecule has 0 rings (SSSR count). The molecule has 0 bridgehead atoms. The summed E-state index contributed by atoms with van der Waals surface area (Å²) in [5.74, 6) is -0.298. The molecule has 1 amide bonds. The average molecular weight is 257 g/mol. The first-order valence-electron chi connectivity index (χ1n) is 5.29. The molecule has 0 aliphatic carbocycles. The minimum Gasteiger partial charge on any atom is -0.393 e. The monoisotopic (exact) mass is 257 g/mol. The Balaban J connectivity index is 3.64. The highest BCUT2D eigenvalue weighted by atomic mass is 19.4. The van der Waals surface area contributed by atoms with Crippen molar-refractivity contribution in [2.75, 3.05) is 26.8 Å². The Morgan fingerprint density at radius 1 is 1.47 bits per heavy atom. The predicted molar refractivity (Wildman–Crippen MR) is 55.4 cm³/mol. The van der Waals surface area contributed by atoms with Crippen LogP contribution in [0.1, 0.15) is 19.8 Å². The van der Waals surface area contributed by atoms with Crippen LogP contribution in [-0.2, 0) is 9.53 Å². The molecular weight excluding hydrogens is 239 g/mol. The van der Waals surface area contributed by atoms with Crippen molar-refractivity contribution in [3.8, 4) is 0 Å². The van der Waals surface area contributed by atoms with Crippen LogP contribution in [-0.4, -0.2) is 55.0 Å². The quantitative estimate of drug-likeness (QED) is 0.697. The molecule has 0 aromatic rings. The van der Waals surface area contributed by atoms with E-state index in [1.54, 1.807) is 6.92 Å². The lowest BCUT2D eigenvalue weighted by atomic mass is 10.2. The fraction of sp³-hybridized carbons (Fsp3) is 0.900. The normalized spacial score (nSPS) is 13.5. The van der Waals surface area contributed by atoms with E-state index in [1.807, 2.05) is 0 Å². The number of amides is 1. The van der Waals surface area contributed by atoms with Crippen LogP contribution in [0, 0.1) is 0 Å². The molecule has 17 heavy (non-hydrogen) atoms. The molecule has 0 spiro atoms. The average Bonchev–Trinajstić information content (AvgIpc) is 2.19. The standard InChI is InChI=1S/C10H18F3NO3/c1-8(15)3-5-14(2)9(16)4-6-17-7-10(11,12)13/h8,15H,3-7H2,1-2H3. The maximum absolute atomic E-state index is 11.7. The molecule has 0 radical (unpaired) electrons. The van der Waals surface area contributed by atoms with Gasteiger partial charge in [0.2, 0.25) is 5.91 Å². The van der Waals surface area contributed by atoms with Crippen LogP contribution < -0.4 is 0 Å². The van der Waals surface area contributed by atoms with Gasteiger partial charge in [0.15, 0.2) is 0 Å². The lowest BCUT2D eigenvalue weighted by molar-refractivity contribution is -0.175. The van der Waals surface area contributed by atoms with Crippen molar-refractivity contribution in [2.45, 2.75) is 32.0 Å². The Labute approximate surface area is 98.3 Å². The summed E-state index contributed by atoms with van der Waals surface area (Å²) in [6.07, 6.45) is -4.52. The molecule has 0 saturated heterocycles. The summed E-state index contributed by atoms with van der Waals surface area (Å²) in [5.41, 5.74) is 0. The first kappa shape index (κ1) is 16.2. The Kier molecular flexibility index (Phi) is 7.13. The molecule has 0 aromatic carbocycles. The number of aliphatic hydroxyl groups excluding tert-OH is 1. The number of rotatable bonds is 7. The summed E-state index contributed by atoms with van der Waals surface area (Å²) in [4.78, 5) is 12.7. The second-order valence-corrected chi connectivity index (χ2v) is 3.87. The van der Waals surface area contributed by atoms with E-state index in [9.17, 15) is 18.0 Å². The zero-order valence-corrected chi connectivity index (χ0v) is 9.96. The van der Waals surface area contributed by atoms with Gasteiger partial charge in [-0.2, -0.15) is 13.2 Å². The number of carbonyl (C=O) groups excluding carboxylic acids is 1. The first-order valence-corrected chi connectivity index (χ1v) is 5.29. The number of aliphatic hydroxyl groups is 1. The molecule has 1 atom stereocenters. The van der Waals surface area contributed by atoms with Gasteiger partial charge in [-0.3, -0.25) is 4.79 Å². The van der Waals surface area contributed by atoms with Crippen LogP contribution in [0.2, 0.25) is 0 Å². The number of hydrogen-bond acceptors (Lipinski definition) is 3. The van der Waals surface area contributed by atoms with Gasteiger partial charge in [0, 0.05) is 13.6 Å². The van der Waals surface area contributed by atoms with Gasteiger partial charge in [-0.05, 0) is 13.3 Å². The van der Waals surface area contributed by atoms with Gasteiger partial charge < -0.3 is 14.7 Å². The molecule has 0 aromatic heterocycles. The number of halogens is 3. The van der Waals surface area contributed by atoms with Crippen molar-refractivity contribution in [1.29, 1.82) is 0 Å². The van der Waals surface area contributed by atoms with Crippen molar-refractivity contribution in [2.24, 2.45) is 0 Å². The Morgan fingerprint density at radius 3 is 2.53 bits per heavy atom. The zero-order valence-electron chi connectivity index (χ0n) is 9.96. The summed E-state index contributed by atoms with van der Waals surface area (Å²) >= 11 is 0. The molecule has 1 N–H and O–H groups in total. The number of hydrogen-bond donors (Lipinski definition) is 1. The van der Waals surface area contributed by atoms with Crippen LogP contribution >= 0.6 is 0 Å². The highest BCUT2D eigenvalue weighted by Gasteiger charge is 2.27. The van der Waals surface area contributed by atoms with Crippen molar-refractivity contribution in [3.63, 3.8) is 0 Å². The minimum atomic E-state index is -4.36. The van der Waals surface area contributed by atoms with Crippen molar-refractivity contribution >= 4 is 5.91 Å². The van der Waals surface area contributed by atoms with Gasteiger partial charge in [-0.25, -0.2) is 0 Å². The molecular formula is C10H18F3NO3. The second kappa shape index (κ2) is 7.50. The van der Waals surface area contributed by atoms with Crippen molar-refractivity contribution < 1.29 is 27.8 Å². The molecule has 0 heterocycles. The lowest BCUT2D eigenvalue weighted by Crippen LogP contribution is -2.30. The molecule has 0 saturated carbocycles. The third-order valence-electron chi connectivity index (χ3n) is 2.03. The molecule has 1 unspecified atom stereocenters. The van der Waals surface area contributed by atoms with Crippen molar-refractivity contribution in [1.82, 2.24) is 4.90 Å². The maximum atomic E-state index is 11.7. The molecule has 102 valence electrons. The fourth-order valence-corrected chi connectivity index (χ4v) is 1.04. The van der Waals surface area contributed by atoms with E-state index in [-0.39, 0.29) is 18.9 Å². The van der Waals surface area contributed by atoms with Gasteiger partial charge in [-0.1, -0.05) is 0 Å². The number of ether oxygens (including phenoxy) is 1. The van der Waals surface area contributed by atoms with Gasteiger partial charge in [0.05, 0.1) is 19.1 Å². The van der Waals surface area contributed by atoms with Crippen LogP contribution in [0.4, 0.5) is 13.2 Å². The third-order valence-corrected chi connectivity index (χ3v) is 2.03. The van der Waals surface area contributed by atoms with Crippen LogP contribution in [0.15, 0.2) is 0 Å². The summed E-state index contributed by atoms with van der Waals surface area (Å²) in [6, 6.07) is 0. The summed E-state index contributed by atoms with van der Waals surface area (Å²) < 4.78 is 39.4. The SMILES string of the molecule is CC(O)CCN(C)C(=O)CCOCC(F)(F)F. The molecule has 4 nitrogen and oxygen atoms in total. The van der Waals surface area contributed by atoms with Gasteiger partial charge in [0.25, 0.3) is 0 Å². The molecule has 0 aliphatic rings. The smallest absolute Gasteiger partial charge is 0.393 e. The number of alkyl halides is 3. The third kappa shape index (κ3) is 10.1. The van der Waals surface area contributed by atoms with Crippen LogP contribution in [0.5, 0.6) is 0 Å². The molecule has 0 aliphatic heterocycles. The highest BCUT2D eigenvalue weighted by Crippen LogP contribution is 2.14. The molecule has 7 heteroatoms. The van der Waals surface area contributed by atoms with E-state index >= 15 is 0 Å². The van der Waals surface area contributed by atoms with E-state index in [2.05, 4.69) is 4.74 Å². The topological polar surface area (TPSA) is 49.8 Å². The second-order valence-electron chi connectivity index (χ2n) is 3.87. The molecule has 0 fully saturated rings. The van der Waals surface area contributed by atoms with Gasteiger partial charge in [-0.15, -0.1) is 0 Å². The minimum absolute atomic E-state index is 0.0909. The van der Waals surface area contributed by atoms with E-state index in [4.69, 9.17) is 5.11 Å². The largest absolute Gasteiger partial charge is 0.411 e. The van der Waals surface area contributed by atoms with Gasteiger partial charge >= 0.3 is 6.18 Å². The zero-order chi connectivity index (χ0) is 13.5. The van der Waals surface area contributed by atoms with E-state index in [0.29, 0.717) is 13.0 Å². The van der Waals surface area contributed by atoms with Crippen LogP contribution in [0.3, 0.4) is 0 Å². The maximum Gasteiger partial charge on any atom is 0.411 e. The Morgan fingerprint density at radius 2 is 2.06 bits per heavy atom. The predicted octanol–water partition coefficient (Wildman–Crippen LogP) is 1.18. The van der Waals surface area contributed by atoms with E-state index in [0.717, 1.165) is 0 Å². The lowest BCUT2D eigenvalue weighted by Gasteiger charge is -2.18.